The average Bonchev–Trinajstić information content (AvgIpc) is 3.23. The zero-order valence-electron chi connectivity index (χ0n) is 15.2. The van der Waals surface area contributed by atoms with Gasteiger partial charge in [-0.2, -0.15) is 0 Å². The molecule has 0 atom stereocenters. The minimum atomic E-state index is -0.716. The second kappa shape index (κ2) is 6.48. The Kier molecular flexibility index (Phi) is 3.91. The zero-order valence-corrected chi connectivity index (χ0v) is 15.2. The molecule has 0 unspecified atom stereocenters. The molecule has 7 heteroatoms. The fourth-order valence-corrected chi connectivity index (χ4v) is 3.83. The van der Waals surface area contributed by atoms with Gasteiger partial charge < -0.3 is 10.2 Å². The van der Waals surface area contributed by atoms with E-state index in [9.17, 15) is 18.4 Å². The highest BCUT2D eigenvalue weighted by atomic mass is 19.1. The second-order valence-corrected chi connectivity index (χ2v) is 7.17. The predicted molar refractivity (Wildman–Crippen MR) is 102 cm³/mol. The van der Waals surface area contributed by atoms with E-state index in [4.69, 9.17) is 0 Å². The molecule has 1 N–H and O–H groups in total. The lowest BCUT2D eigenvalue weighted by Gasteiger charge is -2.17. The van der Waals surface area contributed by atoms with Crippen LogP contribution in [0.5, 0.6) is 0 Å². The number of aromatic nitrogens is 1. The molecule has 29 heavy (non-hydrogen) atoms. The van der Waals surface area contributed by atoms with E-state index in [-0.39, 0.29) is 36.9 Å². The van der Waals surface area contributed by atoms with Crippen LogP contribution >= 0.6 is 0 Å². The number of nitrogens with zero attached hydrogens (tertiary/aromatic N) is 2. The van der Waals surface area contributed by atoms with Crippen molar-refractivity contribution in [3.8, 4) is 11.1 Å². The highest BCUT2D eigenvalue weighted by Crippen LogP contribution is 2.32. The van der Waals surface area contributed by atoms with Crippen molar-refractivity contribution in [2.75, 3.05) is 5.32 Å². The molecule has 2 aliphatic rings. The molecule has 0 saturated carbocycles. The summed E-state index contributed by atoms with van der Waals surface area (Å²) in [6, 6.07) is 11.0. The van der Waals surface area contributed by atoms with Crippen LogP contribution in [-0.4, -0.2) is 21.7 Å². The smallest absolute Gasteiger partial charge is 0.256 e. The molecule has 0 spiro atoms. The SMILES string of the molecule is O=C1Cc2cc(-c3cc(F)c(CN4Cc5ncccc5C4=O)c(F)c3)ccc2N1. The molecule has 5 nitrogen and oxygen atoms in total. The number of anilines is 1. The molecule has 0 aliphatic carbocycles. The topological polar surface area (TPSA) is 62.3 Å². The van der Waals surface area contributed by atoms with Gasteiger partial charge in [-0.25, -0.2) is 8.78 Å². The number of halogens is 2. The van der Waals surface area contributed by atoms with Crippen LogP contribution in [0.4, 0.5) is 14.5 Å². The Balaban J connectivity index is 1.43. The Morgan fingerprint density at radius 3 is 2.59 bits per heavy atom. The monoisotopic (exact) mass is 391 g/mol. The van der Waals surface area contributed by atoms with Gasteiger partial charge in [-0.1, -0.05) is 6.07 Å². The number of hydrogen-bond acceptors (Lipinski definition) is 3. The van der Waals surface area contributed by atoms with Crippen LogP contribution in [0.2, 0.25) is 0 Å². The van der Waals surface area contributed by atoms with E-state index in [1.54, 1.807) is 36.5 Å². The number of nitrogens with one attached hydrogen (secondary N) is 1. The molecule has 2 amide bonds. The molecule has 0 radical (unpaired) electrons. The maximum absolute atomic E-state index is 14.8. The molecule has 0 saturated heterocycles. The standard InChI is InChI=1S/C22H15F2N3O2/c23-17-7-13(12-3-4-19-14(6-12)9-21(28)26-19)8-18(24)16(17)10-27-11-20-15(22(27)29)2-1-5-25-20/h1-8H,9-11H2,(H,26,28). The average molecular weight is 391 g/mol. The van der Waals surface area contributed by atoms with E-state index in [1.807, 2.05) is 0 Å². The van der Waals surface area contributed by atoms with Gasteiger partial charge in [0.15, 0.2) is 0 Å². The van der Waals surface area contributed by atoms with Crippen LogP contribution in [0.15, 0.2) is 48.7 Å². The summed E-state index contributed by atoms with van der Waals surface area (Å²) >= 11 is 0. The quantitative estimate of drug-likeness (QED) is 0.741. The van der Waals surface area contributed by atoms with Gasteiger partial charge in [-0.05, 0) is 53.1 Å². The first-order valence-corrected chi connectivity index (χ1v) is 9.14. The van der Waals surface area contributed by atoms with E-state index < -0.39 is 11.6 Å². The van der Waals surface area contributed by atoms with E-state index in [0.717, 1.165) is 11.3 Å². The first-order valence-electron chi connectivity index (χ1n) is 9.14. The van der Waals surface area contributed by atoms with Crippen LogP contribution in [0.25, 0.3) is 11.1 Å². The van der Waals surface area contributed by atoms with Crippen molar-refractivity contribution in [3.63, 3.8) is 0 Å². The number of carbonyl (C=O) groups is 2. The molecule has 5 rings (SSSR count). The summed E-state index contributed by atoms with van der Waals surface area (Å²) in [6.45, 7) is 0.0528. The van der Waals surface area contributed by atoms with Crippen LogP contribution in [-0.2, 0) is 24.3 Å². The van der Waals surface area contributed by atoms with Crippen LogP contribution in [0.3, 0.4) is 0 Å². The van der Waals surface area contributed by atoms with E-state index in [0.29, 0.717) is 22.4 Å². The van der Waals surface area contributed by atoms with Crippen molar-refractivity contribution in [1.29, 1.82) is 0 Å². The lowest BCUT2D eigenvalue weighted by atomic mass is 9.99. The first-order chi connectivity index (χ1) is 14.0. The number of amides is 2. The summed E-state index contributed by atoms with van der Waals surface area (Å²) in [5.41, 5.74) is 3.43. The Bertz CT molecular complexity index is 1170. The molecule has 3 aromatic rings. The van der Waals surface area contributed by atoms with Crippen molar-refractivity contribution in [3.05, 3.63) is 82.7 Å². The minimum absolute atomic E-state index is 0.101. The molecule has 0 fully saturated rings. The van der Waals surface area contributed by atoms with Crippen molar-refractivity contribution in [1.82, 2.24) is 9.88 Å². The second-order valence-electron chi connectivity index (χ2n) is 7.17. The molecule has 2 aliphatic heterocycles. The normalized spacial score (nSPS) is 14.8. The summed E-state index contributed by atoms with van der Waals surface area (Å²) in [6.07, 6.45) is 1.84. The summed E-state index contributed by atoms with van der Waals surface area (Å²) in [7, 11) is 0. The van der Waals surface area contributed by atoms with Gasteiger partial charge >= 0.3 is 0 Å². The maximum Gasteiger partial charge on any atom is 0.256 e. The first kappa shape index (κ1) is 17.5. The molecular weight excluding hydrogens is 376 g/mol. The largest absolute Gasteiger partial charge is 0.328 e. The van der Waals surface area contributed by atoms with Crippen molar-refractivity contribution >= 4 is 17.5 Å². The summed E-state index contributed by atoms with van der Waals surface area (Å²) in [5.74, 6) is -1.82. The van der Waals surface area contributed by atoms with Gasteiger partial charge in [-0.15, -0.1) is 0 Å². The highest BCUT2D eigenvalue weighted by Gasteiger charge is 2.29. The number of rotatable bonds is 3. The van der Waals surface area contributed by atoms with E-state index in [1.165, 1.54) is 17.0 Å². The Morgan fingerprint density at radius 1 is 1.03 bits per heavy atom. The third kappa shape index (κ3) is 2.95. The number of hydrogen-bond donors (Lipinski definition) is 1. The van der Waals surface area contributed by atoms with Gasteiger partial charge in [0.25, 0.3) is 5.91 Å². The number of fused-ring (bicyclic) bond motifs is 2. The molecule has 144 valence electrons. The number of benzene rings is 2. The summed E-state index contributed by atoms with van der Waals surface area (Å²) < 4.78 is 29.6. The molecule has 1 aromatic heterocycles. The van der Waals surface area contributed by atoms with Crippen molar-refractivity contribution < 1.29 is 18.4 Å². The molecule has 0 bridgehead atoms. The maximum atomic E-state index is 14.8. The van der Waals surface area contributed by atoms with Gasteiger partial charge in [0.05, 0.1) is 30.8 Å². The highest BCUT2D eigenvalue weighted by molar-refractivity contribution is 5.99. The van der Waals surface area contributed by atoms with Gasteiger partial charge in [-0.3, -0.25) is 14.6 Å². The third-order valence-corrected chi connectivity index (χ3v) is 5.30. The van der Waals surface area contributed by atoms with Crippen LogP contribution in [0, 0.1) is 11.6 Å². The Morgan fingerprint density at radius 2 is 1.83 bits per heavy atom. The van der Waals surface area contributed by atoms with Crippen molar-refractivity contribution in [2.24, 2.45) is 0 Å². The predicted octanol–water partition coefficient (Wildman–Crippen LogP) is 3.68. The van der Waals surface area contributed by atoms with Crippen molar-refractivity contribution in [2.45, 2.75) is 19.5 Å². The fraction of sp³-hybridized carbons (Fsp3) is 0.136. The summed E-state index contributed by atoms with van der Waals surface area (Å²) in [5, 5.41) is 2.73. The summed E-state index contributed by atoms with van der Waals surface area (Å²) in [4.78, 5) is 29.5. The minimum Gasteiger partial charge on any atom is -0.328 e. The molecule has 3 heterocycles. The van der Waals surface area contributed by atoms with Crippen LogP contribution in [0.1, 0.15) is 27.2 Å². The van der Waals surface area contributed by atoms with Gasteiger partial charge in [0.2, 0.25) is 5.91 Å². The lowest BCUT2D eigenvalue weighted by molar-refractivity contribution is -0.115. The van der Waals surface area contributed by atoms with E-state index >= 15 is 0 Å². The third-order valence-electron chi connectivity index (χ3n) is 5.30. The van der Waals surface area contributed by atoms with E-state index in [2.05, 4.69) is 10.3 Å². The zero-order chi connectivity index (χ0) is 20.1. The lowest BCUT2D eigenvalue weighted by Crippen LogP contribution is -2.24. The Labute approximate surface area is 165 Å². The number of pyridine rings is 1. The Hall–Kier alpha value is -3.61. The molecular formula is C22H15F2N3O2. The van der Waals surface area contributed by atoms with Gasteiger partial charge in [0.1, 0.15) is 11.6 Å². The number of carbonyl (C=O) groups excluding carboxylic acids is 2. The van der Waals surface area contributed by atoms with Gasteiger partial charge in [0, 0.05) is 17.4 Å². The molecule has 2 aromatic carbocycles. The van der Waals surface area contributed by atoms with Crippen LogP contribution < -0.4 is 5.32 Å². The fourth-order valence-electron chi connectivity index (χ4n) is 3.83.